The number of hydrogen-bond donors (Lipinski definition) is 4. The van der Waals surface area contributed by atoms with E-state index in [4.69, 9.17) is 4.98 Å². The highest BCUT2D eigenvalue weighted by molar-refractivity contribution is 6.14. The van der Waals surface area contributed by atoms with Crippen molar-refractivity contribution in [2.45, 2.75) is 0 Å². The van der Waals surface area contributed by atoms with E-state index in [1.807, 2.05) is 37.2 Å². The predicted octanol–water partition coefficient (Wildman–Crippen LogP) is 4.96. The van der Waals surface area contributed by atoms with Crippen molar-refractivity contribution in [1.29, 1.82) is 0 Å². The minimum Gasteiger partial charge on any atom is -0.369 e. The van der Waals surface area contributed by atoms with E-state index in [2.05, 4.69) is 60.1 Å². The molecule has 246 valence electrons. The first-order valence-electron chi connectivity index (χ1n) is 15.6. The van der Waals surface area contributed by atoms with Gasteiger partial charge in [-0.15, -0.1) is 0 Å². The fourth-order valence-corrected chi connectivity index (χ4v) is 5.39. The topological polar surface area (TPSA) is 134 Å². The third-order valence-corrected chi connectivity index (χ3v) is 7.83. The maximum absolute atomic E-state index is 13.9. The van der Waals surface area contributed by atoms with Gasteiger partial charge in [0.1, 0.15) is 5.82 Å². The molecular weight excluding hydrogens is 611 g/mol. The van der Waals surface area contributed by atoms with Gasteiger partial charge in [-0.05, 0) is 69.7 Å². The summed E-state index contributed by atoms with van der Waals surface area (Å²) in [5, 5.41) is 16.5. The second-order valence-electron chi connectivity index (χ2n) is 11.9. The maximum atomic E-state index is 13.9. The summed E-state index contributed by atoms with van der Waals surface area (Å²) >= 11 is 0. The lowest BCUT2D eigenvalue weighted by Gasteiger charge is -2.34. The summed E-state index contributed by atoms with van der Waals surface area (Å²) in [6, 6.07) is 20.9. The molecule has 6 rings (SSSR count). The zero-order valence-electron chi connectivity index (χ0n) is 27.0. The number of likely N-dealkylation sites (N-methyl/N-ethyl adjacent to an activating group) is 2. The number of anilines is 5. The van der Waals surface area contributed by atoms with Crippen molar-refractivity contribution in [3.05, 3.63) is 96.5 Å². The highest BCUT2D eigenvalue weighted by atomic mass is 19.1. The number of nitrogens with zero attached hydrogens (tertiary/aromatic N) is 6. The molecular formula is C35H37FN10O2. The predicted molar refractivity (Wildman–Crippen MR) is 187 cm³/mol. The van der Waals surface area contributed by atoms with Gasteiger partial charge in [-0.1, -0.05) is 30.3 Å². The average molecular weight is 649 g/mol. The Morgan fingerprint density at radius 1 is 0.917 bits per heavy atom. The molecule has 0 saturated carbocycles. The second-order valence-corrected chi connectivity index (χ2v) is 11.9. The molecule has 12 nitrogen and oxygen atoms in total. The zero-order chi connectivity index (χ0) is 33.6. The van der Waals surface area contributed by atoms with E-state index < -0.39 is 11.7 Å². The van der Waals surface area contributed by atoms with Crippen LogP contribution in [-0.4, -0.2) is 95.6 Å². The first-order valence-corrected chi connectivity index (χ1v) is 15.6. The molecule has 0 aliphatic carbocycles. The van der Waals surface area contributed by atoms with Gasteiger partial charge >= 0.3 is 0 Å². The highest BCUT2D eigenvalue weighted by Crippen LogP contribution is 2.32. The van der Waals surface area contributed by atoms with E-state index in [1.165, 1.54) is 24.3 Å². The van der Waals surface area contributed by atoms with Crippen LogP contribution in [0.3, 0.4) is 0 Å². The molecule has 0 atom stereocenters. The van der Waals surface area contributed by atoms with Crippen LogP contribution in [-0.2, 0) is 4.79 Å². The molecule has 48 heavy (non-hydrogen) atoms. The standard InChI is InChI=1S/C35H37FN10O2/c1-44(2)15-7-14-29(47)37-25-10-4-8-23(20-25)31-30-32(34(48)38-26-11-5-9-24(36)21-26)42-43-33(30)41-35(40-31)39-27-12-6-13-28(22-27)46-18-16-45(3)17-19-46/h4-14,20-22H,15-19H2,1-3H3,(H,37,47)(H,38,48)(H2,39,40,41,42,43)/b14-7+. The van der Waals surface area contributed by atoms with Crippen LogP contribution in [0.25, 0.3) is 22.3 Å². The zero-order valence-corrected chi connectivity index (χ0v) is 27.0. The molecule has 3 aromatic carbocycles. The smallest absolute Gasteiger partial charge is 0.276 e. The molecule has 0 bridgehead atoms. The molecule has 4 N–H and O–H groups in total. The molecule has 1 saturated heterocycles. The number of carbonyl (C=O) groups is 2. The Labute approximate surface area is 277 Å². The lowest BCUT2D eigenvalue weighted by molar-refractivity contribution is -0.111. The number of halogens is 1. The van der Waals surface area contributed by atoms with Crippen LogP contribution in [0.15, 0.2) is 84.9 Å². The molecule has 2 aromatic heterocycles. The van der Waals surface area contributed by atoms with Gasteiger partial charge in [0.05, 0.1) is 11.1 Å². The van der Waals surface area contributed by atoms with Gasteiger partial charge < -0.3 is 30.7 Å². The molecule has 0 spiro atoms. The monoisotopic (exact) mass is 648 g/mol. The van der Waals surface area contributed by atoms with Gasteiger partial charge in [-0.3, -0.25) is 14.7 Å². The van der Waals surface area contributed by atoms with E-state index >= 15 is 0 Å². The molecule has 3 heterocycles. The summed E-state index contributed by atoms with van der Waals surface area (Å²) in [5.74, 6) is -1.03. The van der Waals surface area contributed by atoms with Crippen LogP contribution < -0.4 is 20.9 Å². The number of H-pyrrole nitrogens is 1. The van der Waals surface area contributed by atoms with Gasteiger partial charge in [0.2, 0.25) is 11.9 Å². The Hall–Kier alpha value is -5.66. The highest BCUT2D eigenvalue weighted by Gasteiger charge is 2.23. The van der Waals surface area contributed by atoms with Crippen LogP contribution >= 0.6 is 0 Å². The number of benzene rings is 3. The maximum Gasteiger partial charge on any atom is 0.276 e. The third kappa shape index (κ3) is 7.82. The Bertz CT molecular complexity index is 1970. The average Bonchev–Trinajstić information content (AvgIpc) is 3.49. The van der Waals surface area contributed by atoms with E-state index in [1.54, 1.807) is 30.3 Å². The lowest BCUT2D eigenvalue weighted by atomic mass is 10.1. The molecule has 0 radical (unpaired) electrons. The quantitative estimate of drug-likeness (QED) is 0.155. The third-order valence-electron chi connectivity index (χ3n) is 7.83. The first kappa shape index (κ1) is 32.3. The Morgan fingerprint density at radius 3 is 2.42 bits per heavy atom. The van der Waals surface area contributed by atoms with Crippen molar-refractivity contribution in [3.63, 3.8) is 0 Å². The summed E-state index contributed by atoms with van der Waals surface area (Å²) in [4.78, 5) is 42.2. The number of nitrogens with one attached hydrogen (secondary N) is 4. The number of aromatic amines is 1. The number of piperazine rings is 1. The minimum absolute atomic E-state index is 0.0360. The van der Waals surface area contributed by atoms with E-state index in [0.29, 0.717) is 34.5 Å². The summed E-state index contributed by atoms with van der Waals surface area (Å²) in [7, 11) is 5.97. The molecule has 13 heteroatoms. The van der Waals surface area contributed by atoms with Crippen LogP contribution in [0.4, 0.5) is 33.1 Å². The van der Waals surface area contributed by atoms with Gasteiger partial charge in [-0.25, -0.2) is 9.37 Å². The SMILES string of the molecule is CN(C)C/C=C/C(=O)Nc1cccc(-c2nc(Nc3cccc(N4CCN(C)CC4)c3)nc3[nH]nc(C(=O)Nc4cccc(F)c4)c23)c1. The number of rotatable bonds is 10. The molecule has 1 fully saturated rings. The summed E-state index contributed by atoms with van der Waals surface area (Å²) in [6.07, 6.45) is 3.26. The second kappa shape index (κ2) is 14.4. The van der Waals surface area contributed by atoms with Crippen LogP contribution in [0.2, 0.25) is 0 Å². The van der Waals surface area contributed by atoms with Gasteiger partial charge in [0, 0.05) is 67.1 Å². The number of fused-ring (bicyclic) bond motifs is 1. The molecule has 0 unspecified atom stereocenters. The molecule has 1 aliphatic heterocycles. The number of aromatic nitrogens is 4. The lowest BCUT2D eigenvalue weighted by Crippen LogP contribution is -2.44. The first-order chi connectivity index (χ1) is 23.2. The normalized spacial score (nSPS) is 13.7. The fourth-order valence-electron chi connectivity index (χ4n) is 5.39. The number of hydrogen-bond acceptors (Lipinski definition) is 9. The molecule has 5 aromatic rings. The summed E-state index contributed by atoms with van der Waals surface area (Å²) in [6.45, 7) is 4.46. The molecule has 1 aliphatic rings. The van der Waals surface area contributed by atoms with Crippen molar-refractivity contribution in [1.82, 2.24) is 30.0 Å². The van der Waals surface area contributed by atoms with Crippen LogP contribution in [0.5, 0.6) is 0 Å². The van der Waals surface area contributed by atoms with Crippen molar-refractivity contribution in [2.75, 3.05) is 74.7 Å². The molecule has 2 amide bonds. The Kier molecular flexibility index (Phi) is 9.69. The summed E-state index contributed by atoms with van der Waals surface area (Å²) in [5.41, 5.74) is 4.10. The van der Waals surface area contributed by atoms with Gasteiger partial charge in [0.15, 0.2) is 11.3 Å². The van der Waals surface area contributed by atoms with Gasteiger partial charge in [-0.2, -0.15) is 10.1 Å². The number of carbonyl (C=O) groups excluding carboxylic acids is 2. The van der Waals surface area contributed by atoms with E-state index in [0.717, 1.165) is 37.6 Å². The Balaban J connectivity index is 1.36. The minimum atomic E-state index is -0.562. The van der Waals surface area contributed by atoms with Crippen LogP contribution in [0, 0.1) is 5.82 Å². The van der Waals surface area contributed by atoms with Crippen molar-refractivity contribution in [2.24, 2.45) is 0 Å². The van der Waals surface area contributed by atoms with Crippen molar-refractivity contribution >= 4 is 51.5 Å². The fraction of sp³-hybridized carbons (Fsp3) is 0.229. The summed E-state index contributed by atoms with van der Waals surface area (Å²) < 4.78 is 13.9. The van der Waals surface area contributed by atoms with Crippen molar-refractivity contribution < 1.29 is 14.0 Å². The number of amides is 2. The van der Waals surface area contributed by atoms with E-state index in [9.17, 15) is 14.0 Å². The van der Waals surface area contributed by atoms with Crippen LogP contribution in [0.1, 0.15) is 10.5 Å². The largest absolute Gasteiger partial charge is 0.369 e. The van der Waals surface area contributed by atoms with Gasteiger partial charge in [0.25, 0.3) is 5.91 Å². The van der Waals surface area contributed by atoms with Crippen molar-refractivity contribution in [3.8, 4) is 11.3 Å². The Morgan fingerprint density at radius 2 is 1.65 bits per heavy atom. The van der Waals surface area contributed by atoms with E-state index in [-0.39, 0.29) is 23.2 Å².